The molecule has 0 unspecified atom stereocenters. The SMILES string of the molecule is C=N/C(=C\N(C)c1cc(F)cc(F)c1)C1CC(C)(C)OC(C)(C)C1. The molecule has 0 saturated carbocycles. The monoisotopic (exact) mass is 336 g/mol. The first-order chi connectivity index (χ1) is 11.0. The first-order valence-electron chi connectivity index (χ1n) is 8.09. The summed E-state index contributed by atoms with van der Waals surface area (Å²) in [5.41, 5.74) is 0.699. The Bertz CT molecular complexity index is 617. The van der Waals surface area contributed by atoms with Crippen molar-refractivity contribution in [2.24, 2.45) is 10.9 Å². The predicted octanol–water partition coefficient (Wildman–Crippen LogP) is 4.93. The molecular weight excluding hydrogens is 310 g/mol. The molecule has 0 N–H and O–H groups in total. The van der Waals surface area contributed by atoms with E-state index in [1.54, 1.807) is 18.1 Å². The summed E-state index contributed by atoms with van der Waals surface area (Å²) >= 11 is 0. The van der Waals surface area contributed by atoms with Crippen molar-refractivity contribution in [2.45, 2.75) is 51.7 Å². The number of aliphatic imine (C=N–C) groups is 1. The van der Waals surface area contributed by atoms with E-state index >= 15 is 0 Å². The highest BCUT2D eigenvalue weighted by atomic mass is 19.1. The fraction of sp³-hybridized carbons (Fsp3) is 0.526. The number of hydrogen-bond acceptors (Lipinski definition) is 3. The zero-order valence-corrected chi connectivity index (χ0v) is 15.1. The molecule has 0 aliphatic carbocycles. The minimum Gasteiger partial charge on any atom is -0.370 e. The Balaban J connectivity index is 2.29. The average Bonchev–Trinajstić information content (AvgIpc) is 2.39. The van der Waals surface area contributed by atoms with Crippen molar-refractivity contribution < 1.29 is 13.5 Å². The maximum Gasteiger partial charge on any atom is 0.128 e. The Hall–Kier alpha value is -1.75. The number of anilines is 1. The van der Waals surface area contributed by atoms with E-state index in [9.17, 15) is 8.78 Å². The first-order valence-corrected chi connectivity index (χ1v) is 8.09. The van der Waals surface area contributed by atoms with Crippen LogP contribution < -0.4 is 4.90 Å². The maximum absolute atomic E-state index is 13.4. The first kappa shape index (κ1) is 18.6. The lowest BCUT2D eigenvalue weighted by Crippen LogP contribution is -2.45. The largest absolute Gasteiger partial charge is 0.370 e. The molecule has 0 spiro atoms. The molecule has 2 rings (SSSR count). The molecule has 5 heteroatoms. The highest BCUT2D eigenvalue weighted by Gasteiger charge is 2.40. The van der Waals surface area contributed by atoms with Crippen molar-refractivity contribution >= 4 is 12.4 Å². The van der Waals surface area contributed by atoms with Gasteiger partial charge in [0.2, 0.25) is 0 Å². The van der Waals surface area contributed by atoms with Gasteiger partial charge in [-0.25, -0.2) is 8.78 Å². The number of nitrogens with zero attached hydrogens (tertiary/aromatic N) is 2. The van der Waals surface area contributed by atoms with Gasteiger partial charge in [-0.2, -0.15) is 0 Å². The van der Waals surface area contributed by atoms with Crippen LogP contribution >= 0.6 is 0 Å². The van der Waals surface area contributed by atoms with Gasteiger partial charge >= 0.3 is 0 Å². The van der Waals surface area contributed by atoms with E-state index in [2.05, 4.69) is 39.4 Å². The molecule has 1 saturated heterocycles. The second-order valence-electron chi connectivity index (χ2n) is 7.68. The normalized spacial score (nSPS) is 20.7. The summed E-state index contributed by atoms with van der Waals surface area (Å²) in [7, 11) is 1.75. The molecule has 0 amide bonds. The Kier molecular flexibility index (Phi) is 5.14. The lowest BCUT2D eigenvalue weighted by molar-refractivity contribution is -0.167. The number of rotatable bonds is 4. The molecule has 1 aliphatic rings. The fourth-order valence-electron chi connectivity index (χ4n) is 3.59. The number of benzene rings is 1. The molecule has 1 aliphatic heterocycles. The highest BCUT2D eigenvalue weighted by molar-refractivity contribution is 5.49. The molecule has 0 aromatic heterocycles. The van der Waals surface area contributed by atoms with Gasteiger partial charge in [-0.1, -0.05) is 0 Å². The summed E-state index contributed by atoms with van der Waals surface area (Å²) in [6.45, 7) is 11.9. The Morgan fingerprint density at radius 1 is 1.17 bits per heavy atom. The van der Waals surface area contributed by atoms with Gasteiger partial charge in [-0.3, -0.25) is 4.99 Å². The van der Waals surface area contributed by atoms with Gasteiger partial charge < -0.3 is 9.64 Å². The van der Waals surface area contributed by atoms with E-state index in [0.717, 1.165) is 24.6 Å². The van der Waals surface area contributed by atoms with Gasteiger partial charge in [0.25, 0.3) is 0 Å². The molecule has 0 bridgehead atoms. The Labute approximate surface area is 143 Å². The number of hydrogen-bond donors (Lipinski definition) is 0. The number of allylic oxidation sites excluding steroid dienone is 1. The van der Waals surface area contributed by atoms with Crippen LogP contribution in [0.3, 0.4) is 0 Å². The van der Waals surface area contributed by atoms with Crippen LogP contribution in [0, 0.1) is 17.6 Å². The van der Waals surface area contributed by atoms with Gasteiger partial charge in [0.15, 0.2) is 0 Å². The van der Waals surface area contributed by atoms with E-state index in [1.165, 1.54) is 12.1 Å². The zero-order chi connectivity index (χ0) is 18.1. The molecule has 1 fully saturated rings. The summed E-state index contributed by atoms with van der Waals surface area (Å²) in [5, 5.41) is 0. The molecular formula is C19H26F2N2O. The fourth-order valence-corrected chi connectivity index (χ4v) is 3.59. The minimum absolute atomic E-state index is 0.169. The molecule has 3 nitrogen and oxygen atoms in total. The maximum atomic E-state index is 13.4. The van der Waals surface area contributed by atoms with Crippen molar-refractivity contribution in [3.8, 4) is 0 Å². The van der Waals surface area contributed by atoms with Crippen LogP contribution in [0.1, 0.15) is 40.5 Å². The number of halogens is 2. The van der Waals surface area contributed by atoms with Crippen molar-refractivity contribution in [2.75, 3.05) is 11.9 Å². The lowest BCUT2D eigenvalue weighted by atomic mass is 9.79. The quantitative estimate of drug-likeness (QED) is 0.729. The summed E-state index contributed by atoms with van der Waals surface area (Å²) in [4.78, 5) is 5.85. The van der Waals surface area contributed by atoms with Crippen molar-refractivity contribution in [1.29, 1.82) is 0 Å². The smallest absolute Gasteiger partial charge is 0.128 e. The lowest BCUT2D eigenvalue weighted by Gasteiger charge is -2.45. The van der Waals surface area contributed by atoms with E-state index in [1.807, 2.05) is 0 Å². The van der Waals surface area contributed by atoms with Crippen molar-refractivity contribution in [1.82, 2.24) is 0 Å². The standard InChI is InChI=1S/C19H26F2N2O/c1-18(2)10-13(11-19(3,4)24-18)17(22-5)12-23(6)16-8-14(20)7-15(21)9-16/h7-9,12-13H,5,10-11H2,1-4,6H3/b17-12-. The molecule has 132 valence electrons. The van der Waals surface area contributed by atoms with Gasteiger partial charge in [0.1, 0.15) is 11.6 Å². The van der Waals surface area contributed by atoms with Crippen LogP contribution in [-0.2, 0) is 4.74 Å². The van der Waals surface area contributed by atoms with Crippen LogP contribution in [0.2, 0.25) is 0 Å². The van der Waals surface area contributed by atoms with Crippen LogP contribution in [0.25, 0.3) is 0 Å². The van der Waals surface area contributed by atoms with E-state index in [4.69, 9.17) is 4.74 Å². The third-order valence-corrected chi connectivity index (χ3v) is 4.21. The number of ether oxygens (including phenoxy) is 1. The topological polar surface area (TPSA) is 24.8 Å². The van der Waals surface area contributed by atoms with Crippen LogP contribution in [0.5, 0.6) is 0 Å². The highest BCUT2D eigenvalue weighted by Crippen LogP contribution is 2.41. The summed E-state index contributed by atoms with van der Waals surface area (Å²) in [6, 6.07) is 3.44. The van der Waals surface area contributed by atoms with E-state index in [-0.39, 0.29) is 17.1 Å². The molecule has 1 aromatic rings. The second-order valence-corrected chi connectivity index (χ2v) is 7.68. The third kappa shape index (κ3) is 4.63. The Morgan fingerprint density at radius 2 is 1.67 bits per heavy atom. The van der Waals surface area contributed by atoms with E-state index < -0.39 is 11.6 Å². The minimum atomic E-state index is -0.605. The van der Waals surface area contributed by atoms with E-state index in [0.29, 0.717) is 5.69 Å². The van der Waals surface area contributed by atoms with Crippen LogP contribution in [0.15, 0.2) is 35.1 Å². The van der Waals surface area contributed by atoms with Crippen LogP contribution in [-0.4, -0.2) is 25.0 Å². The second kappa shape index (κ2) is 6.63. The molecule has 1 heterocycles. The van der Waals surface area contributed by atoms with Crippen molar-refractivity contribution in [3.63, 3.8) is 0 Å². The molecule has 0 radical (unpaired) electrons. The summed E-state index contributed by atoms with van der Waals surface area (Å²) in [5.74, 6) is -1.04. The average molecular weight is 336 g/mol. The Morgan fingerprint density at radius 3 is 2.12 bits per heavy atom. The van der Waals surface area contributed by atoms with Crippen LogP contribution in [0.4, 0.5) is 14.5 Å². The van der Waals surface area contributed by atoms with Gasteiger partial charge in [0, 0.05) is 30.9 Å². The van der Waals surface area contributed by atoms with Gasteiger partial charge in [0.05, 0.1) is 16.9 Å². The molecule has 24 heavy (non-hydrogen) atoms. The van der Waals surface area contributed by atoms with Gasteiger partial charge in [-0.15, -0.1) is 0 Å². The van der Waals surface area contributed by atoms with Crippen molar-refractivity contribution in [3.05, 3.63) is 41.7 Å². The predicted molar refractivity (Wildman–Crippen MR) is 94.4 cm³/mol. The molecule has 0 atom stereocenters. The summed E-state index contributed by atoms with van der Waals surface area (Å²) < 4.78 is 33.0. The van der Waals surface area contributed by atoms with Gasteiger partial charge in [-0.05, 0) is 59.4 Å². The third-order valence-electron chi connectivity index (χ3n) is 4.21. The zero-order valence-electron chi connectivity index (χ0n) is 15.1. The summed E-state index contributed by atoms with van der Waals surface area (Å²) in [6.07, 6.45) is 3.42. The molecule has 1 aromatic carbocycles.